The molecule has 1 rings (SSSR count). The van der Waals surface area contributed by atoms with Crippen LogP contribution in [0.1, 0.15) is 5.56 Å². The van der Waals surface area contributed by atoms with Gasteiger partial charge in [0, 0.05) is 7.05 Å². The van der Waals surface area contributed by atoms with Crippen LogP contribution in [0.5, 0.6) is 0 Å². The fraction of sp³-hybridized carbons (Fsp3) is 0.308. The number of nitrogens with zero attached hydrogens (tertiary/aromatic N) is 2. The molecule has 6 heteroatoms. The quantitative estimate of drug-likeness (QED) is 0.790. The van der Waals surface area contributed by atoms with Crippen LogP contribution in [0.15, 0.2) is 24.3 Å². The number of benzene rings is 1. The minimum Gasteiger partial charge on any atom is -0.358 e. The summed E-state index contributed by atoms with van der Waals surface area (Å²) in [5.41, 5.74) is 0.883. The van der Waals surface area contributed by atoms with E-state index in [-0.39, 0.29) is 24.9 Å². The molecule has 100 valence electrons. The molecule has 6 nitrogen and oxygen atoms in total. The number of hydrogen-bond donors (Lipinski definition) is 2. The molecule has 2 N–H and O–H groups in total. The first-order valence-corrected chi connectivity index (χ1v) is 5.75. The summed E-state index contributed by atoms with van der Waals surface area (Å²) in [5, 5.41) is 14.0. The Labute approximate surface area is 112 Å². The van der Waals surface area contributed by atoms with Gasteiger partial charge in [0.05, 0.1) is 24.3 Å². The number of nitrogens with one attached hydrogen (secondary N) is 2. The molecule has 0 atom stereocenters. The van der Waals surface area contributed by atoms with E-state index in [0.717, 1.165) is 0 Å². The molecular formula is C13H16N4O2. The van der Waals surface area contributed by atoms with Crippen molar-refractivity contribution in [2.24, 2.45) is 0 Å². The third-order valence-corrected chi connectivity index (χ3v) is 2.43. The lowest BCUT2D eigenvalue weighted by Gasteiger charge is -2.15. The van der Waals surface area contributed by atoms with Gasteiger partial charge in [-0.1, -0.05) is 12.1 Å². The molecule has 0 unspecified atom stereocenters. The molecule has 19 heavy (non-hydrogen) atoms. The van der Waals surface area contributed by atoms with Gasteiger partial charge in [-0.2, -0.15) is 5.26 Å². The fourth-order valence-corrected chi connectivity index (χ4v) is 1.50. The van der Waals surface area contributed by atoms with E-state index < -0.39 is 0 Å². The first kappa shape index (κ1) is 14.7. The maximum Gasteiger partial charge on any atom is 0.238 e. The van der Waals surface area contributed by atoms with Crippen LogP contribution < -0.4 is 10.6 Å². The maximum atomic E-state index is 11.8. The van der Waals surface area contributed by atoms with E-state index in [2.05, 4.69) is 10.6 Å². The van der Waals surface area contributed by atoms with E-state index in [0.29, 0.717) is 11.3 Å². The van der Waals surface area contributed by atoms with Crippen LogP contribution in [-0.2, 0) is 9.59 Å². The molecule has 0 aliphatic rings. The maximum absolute atomic E-state index is 11.8. The molecule has 0 bridgehead atoms. The van der Waals surface area contributed by atoms with Gasteiger partial charge in [0.2, 0.25) is 11.8 Å². The lowest BCUT2D eigenvalue weighted by atomic mass is 10.2. The van der Waals surface area contributed by atoms with Crippen molar-refractivity contribution < 1.29 is 9.59 Å². The number of nitriles is 1. The number of anilines is 1. The van der Waals surface area contributed by atoms with Gasteiger partial charge in [0.25, 0.3) is 0 Å². The van der Waals surface area contributed by atoms with E-state index in [1.807, 2.05) is 6.07 Å². The first-order valence-electron chi connectivity index (χ1n) is 5.75. The zero-order chi connectivity index (χ0) is 14.3. The highest BCUT2D eigenvalue weighted by atomic mass is 16.2. The Hall–Kier alpha value is -2.39. The molecule has 1 aromatic carbocycles. The van der Waals surface area contributed by atoms with E-state index >= 15 is 0 Å². The highest BCUT2D eigenvalue weighted by Crippen LogP contribution is 2.13. The van der Waals surface area contributed by atoms with Crippen molar-refractivity contribution in [2.45, 2.75) is 0 Å². The smallest absolute Gasteiger partial charge is 0.238 e. The SMILES string of the molecule is CNC(=O)CN(C)CC(=O)Nc1ccccc1C#N. The third kappa shape index (κ3) is 4.77. The number of carbonyl (C=O) groups is 2. The Balaban J connectivity index is 2.56. The van der Waals surface area contributed by atoms with Crippen molar-refractivity contribution in [3.63, 3.8) is 0 Å². The minimum atomic E-state index is -0.269. The number of para-hydroxylation sites is 1. The molecule has 0 aliphatic carbocycles. The van der Waals surface area contributed by atoms with Crippen molar-refractivity contribution in [3.05, 3.63) is 29.8 Å². The second-order valence-electron chi connectivity index (χ2n) is 4.05. The number of rotatable bonds is 5. The topological polar surface area (TPSA) is 85.2 Å². The van der Waals surface area contributed by atoms with Crippen LogP contribution in [0, 0.1) is 11.3 Å². The van der Waals surface area contributed by atoms with Crippen molar-refractivity contribution >= 4 is 17.5 Å². The van der Waals surface area contributed by atoms with Crippen LogP contribution in [0.2, 0.25) is 0 Å². The molecule has 0 fully saturated rings. The Morgan fingerprint density at radius 3 is 2.53 bits per heavy atom. The zero-order valence-electron chi connectivity index (χ0n) is 10.9. The minimum absolute atomic E-state index is 0.0766. The summed E-state index contributed by atoms with van der Waals surface area (Å²) in [6.45, 7) is 0.219. The molecule has 0 heterocycles. The summed E-state index contributed by atoms with van der Waals surface area (Å²) < 4.78 is 0. The zero-order valence-corrected chi connectivity index (χ0v) is 10.9. The molecule has 0 aliphatic heterocycles. The van der Waals surface area contributed by atoms with Crippen LogP contribution >= 0.6 is 0 Å². The van der Waals surface area contributed by atoms with Gasteiger partial charge in [-0.3, -0.25) is 14.5 Å². The van der Waals surface area contributed by atoms with Crippen LogP contribution in [0.25, 0.3) is 0 Å². The average Bonchev–Trinajstić information content (AvgIpc) is 2.38. The Kier molecular flexibility index (Phi) is 5.51. The van der Waals surface area contributed by atoms with E-state index in [4.69, 9.17) is 5.26 Å². The summed E-state index contributed by atoms with van der Waals surface area (Å²) in [6.07, 6.45) is 0. The number of carbonyl (C=O) groups excluding carboxylic acids is 2. The van der Waals surface area contributed by atoms with E-state index in [9.17, 15) is 9.59 Å². The van der Waals surface area contributed by atoms with Crippen LogP contribution in [0.3, 0.4) is 0 Å². The molecule has 0 radical (unpaired) electrons. The van der Waals surface area contributed by atoms with Gasteiger partial charge < -0.3 is 10.6 Å². The fourth-order valence-electron chi connectivity index (χ4n) is 1.50. The Morgan fingerprint density at radius 1 is 1.26 bits per heavy atom. The van der Waals surface area contributed by atoms with Gasteiger partial charge in [-0.05, 0) is 19.2 Å². The van der Waals surface area contributed by atoms with Gasteiger partial charge in [0.1, 0.15) is 6.07 Å². The predicted molar refractivity (Wildman–Crippen MR) is 71.4 cm³/mol. The molecule has 2 amide bonds. The van der Waals surface area contributed by atoms with Gasteiger partial charge in [-0.15, -0.1) is 0 Å². The van der Waals surface area contributed by atoms with Crippen molar-refractivity contribution in [2.75, 3.05) is 32.5 Å². The molecule has 0 saturated carbocycles. The summed E-state index contributed by atoms with van der Waals surface area (Å²) in [6, 6.07) is 8.76. The summed E-state index contributed by atoms with van der Waals surface area (Å²) in [7, 11) is 3.21. The summed E-state index contributed by atoms with van der Waals surface area (Å²) in [4.78, 5) is 24.5. The lowest BCUT2D eigenvalue weighted by Crippen LogP contribution is -2.37. The van der Waals surface area contributed by atoms with E-state index in [1.54, 1.807) is 43.3 Å². The number of amides is 2. The van der Waals surface area contributed by atoms with Gasteiger partial charge in [-0.25, -0.2) is 0 Å². The standard InChI is InChI=1S/C13H16N4O2/c1-15-12(18)8-17(2)9-13(19)16-11-6-4-3-5-10(11)7-14/h3-6H,8-9H2,1-2H3,(H,15,18)(H,16,19). The van der Waals surface area contributed by atoms with Crippen molar-refractivity contribution in [1.82, 2.24) is 10.2 Å². The summed E-state index contributed by atoms with van der Waals surface area (Å²) in [5.74, 6) is -0.429. The van der Waals surface area contributed by atoms with Crippen LogP contribution in [-0.4, -0.2) is 43.9 Å². The normalized spacial score (nSPS) is 9.79. The number of hydrogen-bond acceptors (Lipinski definition) is 4. The Morgan fingerprint density at radius 2 is 1.89 bits per heavy atom. The first-order chi connectivity index (χ1) is 9.06. The molecular weight excluding hydrogens is 244 g/mol. The van der Waals surface area contributed by atoms with Crippen molar-refractivity contribution in [1.29, 1.82) is 5.26 Å². The third-order valence-electron chi connectivity index (χ3n) is 2.43. The van der Waals surface area contributed by atoms with Crippen LogP contribution in [0.4, 0.5) is 5.69 Å². The highest BCUT2D eigenvalue weighted by Gasteiger charge is 2.11. The second-order valence-corrected chi connectivity index (χ2v) is 4.05. The second kappa shape index (κ2) is 7.13. The molecule has 1 aromatic rings. The van der Waals surface area contributed by atoms with Gasteiger partial charge in [0.15, 0.2) is 0 Å². The summed E-state index contributed by atoms with van der Waals surface area (Å²) >= 11 is 0. The Bertz CT molecular complexity index is 508. The average molecular weight is 260 g/mol. The lowest BCUT2D eigenvalue weighted by molar-refractivity contribution is -0.122. The largest absolute Gasteiger partial charge is 0.358 e. The van der Waals surface area contributed by atoms with E-state index in [1.165, 1.54) is 0 Å². The monoisotopic (exact) mass is 260 g/mol. The molecule has 0 saturated heterocycles. The van der Waals surface area contributed by atoms with Crippen molar-refractivity contribution in [3.8, 4) is 6.07 Å². The highest BCUT2D eigenvalue weighted by molar-refractivity contribution is 5.93. The number of likely N-dealkylation sites (N-methyl/N-ethyl adjacent to an activating group) is 2. The predicted octanol–water partition coefficient (Wildman–Crippen LogP) is 0.175. The van der Waals surface area contributed by atoms with Gasteiger partial charge >= 0.3 is 0 Å². The molecule has 0 spiro atoms. The molecule has 0 aromatic heterocycles.